The fraction of sp³-hybridized carbons (Fsp3) is 0.739. The van der Waals surface area contributed by atoms with Crippen LogP contribution in [0.5, 0.6) is 0 Å². The number of furan rings is 1. The number of amides is 1. The van der Waals surface area contributed by atoms with Crippen LogP contribution >= 0.6 is 24.0 Å². The van der Waals surface area contributed by atoms with Crippen molar-refractivity contribution in [3.63, 3.8) is 0 Å². The number of aliphatic imine (C=N–C) groups is 1. The third-order valence-electron chi connectivity index (χ3n) is 6.02. The Labute approximate surface area is 204 Å². The van der Waals surface area contributed by atoms with E-state index in [9.17, 15) is 4.79 Å². The molecule has 2 heterocycles. The first-order valence-corrected chi connectivity index (χ1v) is 11.8. The minimum absolute atomic E-state index is 0. The van der Waals surface area contributed by atoms with Crippen LogP contribution in [0, 0.1) is 0 Å². The van der Waals surface area contributed by atoms with E-state index in [0.29, 0.717) is 25.2 Å². The zero-order valence-corrected chi connectivity index (χ0v) is 21.2. The van der Waals surface area contributed by atoms with Gasteiger partial charge in [0.15, 0.2) is 5.96 Å². The molecule has 7 nitrogen and oxygen atoms in total. The van der Waals surface area contributed by atoms with E-state index in [1.54, 1.807) is 6.26 Å². The number of hydrogen-bond acceptors (Lipinski definition) is 4. The minimum atomic E-state index is 0. The number of nitrogens with zero attached hydrogens (tertiary/aromatic N) is 2. The highest BCUT2D eigenvalue weighted by atomic mass is 127. The molecule has 1 aliphatic heterocycles. The molecule has 0 spiro atoms. The van der Waals surface area contributed by atoms with Crippen molar-refractivity contribution in [1.29, 1.82) is 0 Å². The van der Waals surface area contributed by atoms with Gasteiger partial charge in [-0.25, -0.2) is 0 Å². The summed E-state index contributed by atoms with van der Waals surface area (Å²) in [6.07, 6.45) is 12.0. The highest BCUT2D eigenvalue weighted by molar-refractivity contribution is 14.0. The first kappa shape index (κ1) is 26.0. The maximum Gasteiger partial charge on any atom is 0.234 e. The van der Waals surface area contributed by atoms with E-state index in [0.717, 1.165) is 57.0 Å². The molecular formula is C23H40IN5O2. The van der Waals surface area contributed by atoms with Crippen molar-refractivity contribution < 1.29 is 9.21 Å². The van der Waals surface area contributed by atoms with Crippen molar-refractivity contribution in [1.82, 2.24) is 20.9 Å². The summed E-state index contributed by atoms with van der Waals surface area (Å²) in [4.78, 5) is 19.1. The Morgan fingerprint density at radius 3 is 2.48 bits per heavy atom. The number of carbonyl (C=O) groups is 1. The van der Waals surface area contributed by atoms with Gasteiger partial charge in [0.05, 0.1) is 12.8 Å². The van der Waals surface area contributed by atoms with Gasteiger partial charge in [0.1, 0.15) is 5.76 Å². The molecule has 1 aromatic heterocycles. The molecule has 1 saturated carbocycles. The summed E-state index contributed by atoms with van der Waals surface area (Å²) >= 11 is 0. The smallest absolute Gasteiger partial charge is 0.234 e. The lowest BCUT2D eigenvalue weighted by molar-refractivity contribution is -0.122. The van der Waals surface area contributed by atoms with Gasteiger partial charge in [-0.05, 0) is 44.2 Å². The summed E-state index contributed by atoms with van der Waals surface area (Å²) in [6.45, 7) is 5.96. The first-order chi connectivity index (χ1) is 14.7. The van der Waals surface area contributed by atoms with E-state index in [-0.39, 0.29) is 29.9 Å². The van der Waals surface area contributed by atoms with Crippen LogP contribution in [0.1, 0.15) is 64.1 Å². The number of carbonyl (C=O) groups excluding carboxylic acids is 1. The van der Waals surface area contributed by atoms with E-state index >= 15 is 0 Å². The summed E-state index contributed by atoms with van der Waals surface area (Å²) < 4.78 is 5.43. The topological polar surface area (TPSA) is 81.9 Å². The van der Waals surface area contributed by atoms with Crippen LogP contribution in [0.25, 0.3) is 0 Å². The molecule has 2 aliphatic rings. The fourth-order valence-electron chi connectivity index (χ4n) is 4.26. The number of rotatable bonds is 9. The van der Waals surface area contributed by atoms with Crippen molar-refractivity contribution in [2.75, 3.05) is 32.7 Å². The standard InChI is InChI=1S/C23H39N5O2.HI/c1-2-13-24-22(29)18-28-15-11-20(12-16-28)27-23(26-19-7-4-3-5-8-19)25-14-10-21-9-6-17-30-21;/h6,9,17,19-20H,2-5,7-8,10-16,18H2,1H3,(H,24,29)(H2,25,26,27);1H. The first-order valence-electron chi connectivity index (χ1n) is 11.8. The largest absolute Gasteiger partial charge is 0.469 e. The molecule has 0 unspecified atom stereocenters. The van der Waals surface area contributed by atoms with E-state index < -0.39 is 0 Å². The fourth-order valence-corrected chi connectivity index (χ4v) is 4.26. The van der Waals surface area contributed by atoms with Crippen molar-refractivity contribution in [3.05, 3.63) is 24.2 Å². The molecule has 8 heteroatoms. The Bertz CT molecular complexity index is 638. The summed E-state index contributed by atoms with van der Waals surface area (Å²) in [5, 5.41) is 10.3. The quantitative estimate of drug-likeness (QED) is 0.252. The van der Waals surface area contributed by atoms with Crippen LogP contribution < -0.4 is 16.0 Å². The lowest BCUT2D eigenvalue weighted by Gasteiger charge is -2.33. The Hall–Kier alpha value is -1.29. The van der Waals surface area contributed by atoms with Crippen LogP contribution in [0.2, 0.25) is 0 Å². The van der Waals surface area contributed by atoms with E-state index in [4.69, 9.17) is 9.41 Å². The molecular weight excluding hydrogens is 505 g/mol. The Morgan fingerprint density at radius 2 is 1.84 bits per heavy atom. The van der Waals surface area contributed by atoms with Crippen LogP contribution in [0.15, 0.2) is 27.8 Å². The van der Waals surface area contributed by atoms with Gasteiger partial charge in [0.2, 0.25) is 5.91 Å². The number of piperidine rings is 1. The monoisotopic (exact) mass is 545 g/mol. The predicted octanol–water partition coefficient (Wildman–Crippen LogP) is 3.30. The predicted molar refractivity (Wildman–Crippen MR) is 136 cm³/mol. The molecule has 1 saturated heterocycles. The summed E-state index contributed by atoms with van der Waals surface area (Å²) in [5.41, 5.74) is 0. The lowest BCUT2D eigenvalue weighted by atomic mass is 9.95. The molecule has 2 fully saturated rings. The molecule has 3 rings (SSSR count). The maximum absolute atomic E-state index is 12.0. The zero-order valence-electron chi connectivity index (χ0n) is 18.9. The molecule has 0 bridgehead atoms. The highest BCUT2D eigenvalue weighted by Crippen LogP contribution is 2.17. The molecule has 1 aliphatic carbocycles. The van der Waals surface area contributed by atoms with E-state index in [2.05, 4.69) is 27.8 Å². The summed E-state index contributed by atoms with van der Waals surface area (Å²) in [7, 11) is 0. The van der Waals surface area contributed by atoms with Gasteiger partial charge >= 0.3 is 0 Å². The molecule has 176 valence electrons. The second-order valence-corrected chi connectivity index (χ2v) is 8.58. The van der Waals surface area contributed by atoms with Crippen molar-refractivity contribution >= 4 is 35.8 Å². The Balaban J connectivity index is 0.00000341. The minimum Gasteiger partial charge on any atom is -0.469 e. The lowest BCUT2D eigenvalue weighted by Crippen LogP contribution is -2.52. The molecule has 0 atom stereocenters. The van der Waals surface area contributed by atoms with Gasteiger partial charge in [0, 0.05) is 44.7 Å². The average molecular weight is 546 g/mol. The van der Waals surface area contributed by atoms with Gasteiger partial charge in [-0.15, -0.1) is 24.0 Å². The third-order valence-corrected chi connectivity index (χ3v) is 6.02. The van der Waals surface area contributed by atoms with Crippen LogP contribution in [0.4, 0.5) is 0 Å². The molecule has 1 aromatic rings. The molecule has 3 N–H and O–H groups in total. The van der Waals surface area contributed by atoms with Crippen molar-refractivity contribution in [2.45, 2.75) is 76.8 Å². The van der Waals surface area contributed by atoms with Crippen LogP contribution in [-0.4, -0.2) is 61.6 Å². The zero-order chi connectivity index (χ0) is 21.0. The third kappa shape index (κ3) is 9.80. The van der Waals surface area contributed by atoms with Gasteiger partial charge in [-0.3, -0.25) is 14.7 Å². The molecule has 0 aromatic carbocycles. The van der Waals surface area contributed by atoms with Gasteiger partial charge in [-0.2, -0.15) is 0 Å². The Morgan fingerprint density at radius 1 is 1.13 bits per heavy atom. The second kappa shape index (κ2) is 14.7. The number of nitrogens with one attached hydrogen (secondary N) is 3. The van der Waals surface area contributed by atoms with Crippen molar-refractivity contribution in [3.8, 4) is 0 Å². The van der Waals surface area contributed by atoms with Gasteiger partial charge < -0.3 is 20.4 Å². The number of halogens is 1. The maximum atomic E-state index is 12.0. The van der Waals surface area contributed by atoms with Gasteiger partial charge in [0.25, 0.3) is 0 Å². The molecule has 31 heavy (non-hydrogen) atoms. The van der Waals surface area contributed by atoms with Crippen LogP contribution in [0.3, 0.4) is 0 Å². The van der Waals surface area contributed by atoms with Gasteiger partial charge in [-0.1, -0.05) is 26.2 Å². The number of guanidine groups is 1. The normalized spacial score (nSPS) is 18.9. The van der Waals surface area contributed by atoms with Crippen LogP contribution in [-0.2, 0) is 11.2 Å². The molecule has 1 amide bonds. The van der Waals surface area contributed by atoms with E-state index in [1.165, 1.54) is 32.1 Å². The summed E-state index contributed by atoms with van der Waals surface area (Å²) in [6, 6.07) is 4.85. The van der Waals surface area contributed by atoms with E-state index in [1.807, 2.05) is 12.1 Å². The van der Waals surface area contributed by atoms with Crippen molar-refractivity contribution in [2.24, 2.45) is 4.99 Å². The SMILES string of the molecule is CCCNC(=O)CN1CCC(NC(=NCCc2ccco2)NC2CCCCC2)CC1.I. The Kier molecular flexibility index (Phi) is 12.3. The number of likely N-dealkylation sites (tertiary alicyclic amines) is 1. The molecule has 0 radical (unpaired) electrons. The second-order valence-electron chi connectivity index (χ2n) is 8.58. The highest BCUT2D eigenvalue weighted by Gasteiger charge is 2.22. The summed E-state index contributed by atoms with van der Waals surface area (Å²) in [5.74, 6) is 2.06. The average Bonchev–Trinajstić information content (AvgIpc) is 3.28. The number of hydrogen-bond donors (Lipinski definition) is 3.